The van der Waals surface area contributed by atoms with Crippen molar-refractivity contribution in [2.75, 3.05) is 26.2 Å². The Morgan fingerprint density at radius 1 is 1.35 bits per heavy atom. The van der Waals surface area contributed by atoms with Gasteiger partial charge in [0, 0.05) is 31.7 Å². The standard InChI is InChI=1S/C13H18N4O3/c18-11-7-14-5-9(11)6-16-12(19)8-17-13(20)10-3-1-2-4-15-10/h1-4,9,11,14,18H,5-8H2,(H,16,19)(H,17,20). The number of aliphatic hydroxyl groups excluding tert-OH is 1. The van der Waals surface area contributed by atoms with Crippen LogP contribution < -0.4 is 16.0 Å². The third-order valence-corrected chi connectivity index (χ3v) is 3.17. The molecule has 20 heavy (non-hydrogen) atoms. The first-order chi connectivity index (χ1) is 9.66. The SMILES string of the molecule is O=C(CNC(=O)c1ccccn1)NCC1CNCC1O. The Bertz CT molecular complexity index is 466. The van der Waals surface area contributed by atoms with Crippen LogP contribution in [-0.4, -0.2) is 54.2 Å². The first-order valence-electron chi connectivity index (χ1n) is 6.51. The number of aromatic nitrogens is 1. The van der Waals surface area contributed by atoms with Crippen molar-refractivity contribution in [3.8, 4) is 0 Å². The normalized spacial score (nSPS) is 21.4. The second-order valence-electron chi connectivity index (χ2n) is 4.69. The van der Waals surface area contributed by atoms with E-state index in [2.05, 4.69) is 20.9 Å². The van der Waals surface area contributed by atoms with Crippen LogP contribution in [-0.2, 0) is 4.79 Å². The zero-order chi connectivity index (χ0) is 14.4. The van der Waals surface area contributed by atoms with E-state index in [0.29, 0.717) is 19.6 Å². The van der Waals surface area contributed by atoms with E-state index in [4.69, 9.17) is 0 Å². The molecule has 2 heterocycles. The van der Waals surface area contributed by atoms with Crippen LogP contribution in [0.4, 0.5) is 0 Å². The predicted molar refractivity (Wildman–Crippen MR) is 71.9 cm³/mol. The van der Waals surface area contributed by atoms with Gasteiger partial charge in [0.05, 0.1) is 12.6 Å². The van der Waals surface area contributed by atoms with E-state index in [-0.39, 0.29) is 30.0 Å². The van der Waals surface area contributed by atoms with Crippen molar-refractivity contribution in [2.45, 2.75) is 6.10 Å². The minimum Gasteiger partial charge on any atom is -0.391 e. The lowest BCUT2D eigenvalue weighted by Gasteiger charge is -2.14. The molecule has 1 aliphatic rings. The maximum Gasteiger partial charge on any atom is 0.270 e. The van der Waals surface area contributed by atoms with Crippen LogP contribution in [0, 0.1) is 5.92 Å². The largest absolute Gasteiger partial charge is 0.391 e. The van der Waals surface area contributed by atoms with E-state index in [1.54, 1.807) is 18.2 Å². The van der Waals surface area contributed by atoms with Gasteiger partial charge in [0.1, 0.15) is 5.69 Å². The molecule has 0 aromatic carbocycles. The van der Waals surface area contributed by atoms with Gasteiger partial charge < -0.3 is 21.1 Å². The van der Waals surface area contributed by atoms with Gasteiger partial charge in [-0.05, 0) is 12.1 Å². The lowest BCUT2D eigenvalue weighted by molar-refractivity contribution is -0.120. The lowest BCUT2D eigenvalue weighted by atomic mass is 10.1. The lowest BCUT2D eigenvalue weighted by Crippen LogP contribution is -2.40. The average molecular weight is 278 g/mol. The molecule has 2 amide bonds. The summed E-state index contributed by atoms with van der Waals surface area (Å²) in [7, 11) is 0. The number of nitrogens with one attached hydrogen (secondary N) is 3. The highest BCUT2D eigenvalue weighted by atomic mass is 16.3. The van der Waals surface area contributed by atoms with Gasteiger partial charge in [0.2, 0.25) is 5.91 Å². The van der Waals surface area contributed by atoms with E-state index < -0.39 is 6.10 Å². The number of carbonyl (C=O) groups is 2. The first-order valence-corrected chi connectivity index (χ1v) is 6.51. The summed E-state index contributed by atoms with van der Waals surface area (Å²) < 4.78 is 0. The van der Waals surface area contributed by atoms with Crippen LogP contribution in [0.1, 0.15) is 10.5 Å². The molecular formula is C13H18N4O3. The maximum absolute atomic E-state index is 11.7. The van der Waals surface area contributed by atoms with E-state index in [1.165, 1.54) is 6.20 Å². The highest BCUT2D eigenvalue weighted by Gasteiger charge is 2.24. The van der Waals surface area contributed by atoms with Gasteiger partial charge in [-0.1, -0.05) is 6.07 Å². The molecule has 108 valence electrons. The fourth-order valence-corrected chi connectivity index (χ4v) is 1.98. The molecule has 0 aliphatic carbocycles. The fourth-order valence-electron chi connectivity index (χ4n) is 1.98. The maximum atomic E-state index is 11.7. The summed E-state index contributed by atoms with van der Waals surface area (Å²) >= 11 is 0. The summed E-state index contributed by atoms with van der Waals surface area (Å²) in [4.78, 5) is 27.1. The van der Waals surface area contributed by atoms with E-state index in [1.807, 2.05) is 0 Å². The quantitative estimate of drug-likeness (QED) is 0.525. The van der Waals surface area contributed by atoms with Crippen LogP contribution in [0.25, 0.3) is 0 Å². The molecule has 4 N–H and O–H groups in total. The highest BCUT2D eigenvalue weighted by Crippen LogP contribution is 2.06. The van der Waals surface area contributed by atoms with Crippen molar-refractivity contribution in [1.82, 2.24) is 20.9 Å². The summed E-state index contributed by atoms with van der Waals surface area (Å²) in [5.41, 5.74) is 0.274. The van der Waals surface area contributed by atoms with Crippen molar-refractivity contribution in [3.63, 3.8) is 0 Å². The molecule has 1 aromatic rings. The van der Waals surface area contributed by atoms with Gasteiger partial charge in [-0.3, -0.25) is 14.6 Å². The van der Waals surface area contributed by atoms with Crippen LogP contribution in [0.3, 0.4) is 0 Å². The van der Waals surface area contributed by atoms with Crippen molar-refractivity contribution in [3.05, 3.63) is 30.1 Å². The number of amides is 2. The molecule has 1 saturated heterocycles. The van der Waals surface area contributed by atoms with Gasteiger partial charge in [0.15, 0.2) is 0 Å². The molecule has 0 bridgehead atoms. The summed E-state index contributed by atoms with van der Waals surface area (Å²) in [5.74, 6) is -0.651. The summed E-state index contributed by atoms with van der Waals surface area (Å²) in [6.45, 7) is 1.52. The molecule has 1 aromatic heterocycles. The molecule has 1 fully saturated rings. The number of hydrogen-bond donors (Lipinski definition) is 4. The van der Waals surface area contributed by atoms with Crippen molar-refractivity contribution in [1.29, 1.82) is 0 Å². The number of nitrogens with zero attached hydrogens (tertiary/aromatic N) is 1. The van der Waals surface area contributed by atoms with Crippen LogP contribution >= 0.6 is 0 Å². The number of rotatable bonds is 5. The van der Waals surface area contributed by atoms with Crippen molar-refractivity contribution in [2.24, 2.45) is 5.92 Å². The molecule has 1 aliphatic heterocycles. The Hall–Kier alpha value is -1.99. The number of β-amino-alcohol motifs (C(OH)–C–C–N with tert-alkyl or cyclic N) is 1. The predicted octanol–water partition coefficient (Wildman–Crippen LogP) is -1.49. The molecule has 2 atom stereocenters. The third-order valence-electron chi connectivity index (χ3n) is 3.17. The van der Waals surface area contributed by atoms with Crippen molar-refractivity contribution < 1.29 is 14.7 Å². The number of hydrogen-bond acceptors (Lipinski definition) is 5. The van der Waals surface area contributed by atoms with Gasteiger partial charge in [-0.25, -0.2) is 0 Å². The van der Waals surface area contributed by atoms with Crippen LogP contribution in [0.15, 0.2) is 24.4 Å². The number of aliphatic hydroxyl groups is 1. The average Bonchev–Trinajstić information content (AvgIpc) is 2.89. The van der Waals surface area contributed by atoms with Gasteiger partial charge >= 0.3 is 0 Å². The molecular weight excluding hydrogens is 260 g/mol. The van der Waals surface area contributed by atoms with Gasteiger partial charge in [-0.2, -0.15) is 0 Å². The topological polar surface area (TPSA) is 103 Å². The van der Waals surface area contributed by atoms with Crippen LogP contribution in [0.2, 0.25) is 0 Å². The molecule has 2 rings (SSSR count). The minimum absolute atomic E-state index is 0.0189. The summed E-state index contributed by atoms with van der Waals surface area (Å²) in [5, 5.41) is 17.8. The third kappa shape index (κ3) is 4.01. The highest BCUT2D eigenvalue weighted by molar-refractivity contribution is 5.94. The number of pyridine rings is 1. The van der Waals surface area contributed by atoms with Crippen molar-refractivity contribution >= 4 is 11.8 Å². The second-order valence-corrected chi connectivity index (χ2v) is 4.69. The minimum atomic E-state index is -0.432. The smallest absolute Gasteiger partial charge is 0.270 e. The molecule has 7 heteroatoms. The Balaban J connectivity index is 1.69. The molecule has 0 saturated carbocycles. The fraction of sp³-hybridized carbons (Fsp3) is 0.462. The van der Waals surface area contributed by atoms with Crippen LogP contribution in [0.5, 0.6) is 0 Å². The zero-order valence-corrected chi connectivity index (χ0v) is 11.0. The number of carbonyl (C=O) groups excluding carboxylic acids is 2. The van der Waals surface area contributed by atoms with E-state index in [0.717, 1.165) is 0 Å². The van der Waals surface area contributed by atoms with Gasteiger partial charge in [-0.15, -0.1) is 0 Å². The van der Waals surface area contributed by atoms with Gasteiger partial charge in [0.25, 0.3) is 5.91 Å². The Labute approximate surface area is 116 Å². The molecule has 7 nitrogen and oxygen atoms in total. The Kier molecular flexibility index (Phi) is 5.03. The second kappa shape index (κ2) is 6.97. The van der Waals surface area contributed by atoms with E-state index in [9.17, 15) is 14.7 Å². The Morgan fingerprint density at radius 2 is 2.20 bits per heavy atom. The summed E-state index contributed by atoms with van der Waals surface area (Å²) in [6.07, 6.45) is 1.09. The zero-order valence-electron chi connectivity index (χ0n) is 11.0. The monoisotopic (exact) mass is 278 g/mol. The molecule has 2 unspecified atom stereocenters. The first kappa shape index (κ1) is 14.4. The van der Waals surface area contributed by atoms with E-state index >= 15 is 0 Å². The summed E-state index contributed by atoms with van der Waals surface area (Å²) in [6, 6.07) is 4.99. The Morgan fingerprint density at radius 3 is 2.85 bits per heavy atom. The molecule has 0 spiro atoms. The molecule has 0 radical (unpaired) electrons.